The average molecular weight is 368 g/mol. The first-order valence-electron chi connectivity index (χ1n) is 9.44. The molecule has 2 N–H and O–H groups in total. The molecule has 0 spiro atoms. The fourth-order valence-electron chi connectivity index (χ4n) is 3.05. The average Bonchev–Trinajstić information content (AvgIpc) is 3.12. The molecule has 0 saturated carbocycles. The first-order chi connectivity index (χ1) is 12.8. The smallest absolute Gasteiger partial charge is 0.270 e. The van der Waals surface area contributed by atoms with Gasteiger partial charge < -0.3 is 15.4 Å². The number of hydrogen-bond donors (Lipinski definition) is 2. The summed E-state index contributed by atoms with van der Waals surface area (Å²) in [6, 6.07) is 9.93. The summed E-state index contributed by atoms with van der Waals surface area (Å²) in [4.78, 5) is 21.1. The van der Waals surface area contributed by atoms with E-state index in [1.807, 2.05) is 12.1 Å². The fraction of sp³-hybridized carbons (Fsp3) is 0.476. The maximum absolute atomic E-state index is 12.4. The SMILES string of the molecule is Cc1nc(Nc2ccc(C(C)(C)C)cc2)cc(C(=O)NCC2CCCO2)n1. The normalized spacial score (nSPS) is 17.0. The van der Waals surface area contributed by atoms with Gasteiger partial charge in [0.25, 0.3) is 5.91 Å². The molecule has 1 saturated heterocycles. The van der Waals surface area contributed by atoms with Crippen LogP contribution in [0.5, 0.6) is 0 Å². The van der Waals surface area contributed by atoms with Crippen molar-refractivity contribution < 1.29 is 9.53 Å². The van der Waals surface area contributed by atoms with Crippen LogP contribution in [0.25, 0.3) is 0 Å². The van der Waals surface area contributed by atoms with E-state index in [1.165, 1.54) is 5.56 Å². The summed E-state index contributed by atoms with van der Waals surface area (Å²) >= 11 is 0. The summed E-state index contributed by atoms with van der Waals surface area (Å²) in [5.74, 6) is 0.948. The van der Waals surface area contributed by atoms with E-state index in [0.29, 0.717) is 23.9 Å². The number of carbonyl (C=O) groups is 1. The molecule has 27 heavy (non-hydrogen) atoms. The van der Waals surface area contributed by atoms with Crippen molar-refractivity contribution in [1.82, 2.24) is 15.3 Å². The van der Waals surface area contributed by atoms with E-state index < -0.39 is 0 Å². The Morgan fingerprint density at radius 3 is 2.59 bits per heavy atom. The minimum Gasteiger partial charge on any atom is -0.376 e. The van der Waals surface area contributed by atoms with Gasteiger partial charge >= 0.3 is 0 Å². The van der Waals surface area contributed by atoms with Gasteiger partial charge in [0.1, 0.15) is 17.3 Å². The number of carbonyl (C=O) groups excluding carboxylic acids is 1. The predicted molar refractivity (Wildman–Crippen MR) is 107 cm³/mol. The second-order valence-electron chi connectivity index (χ2n) is 7.98. The highest BCUT2D eigenvalue weighted by Gasteiger charge is 2.18. The molecule has 1 aromatic heterocycles. The molecule has 1 atom stereocenters. The third kappa shape index (κ3) is 5.26. The number of aromatic nitrogens is 2. The predicted octanol–water partition coefficient (Wildman–Crippen LogP) is 3.73. The lowest BCUT2D eigenvalue weighted by Gasteiger charge is -2.19. The van der Waals surface area contributed by atoms with Crippen LogP contribution in [0.15, 0.2) is 30.3 Å². The van der Waals surface area contributed by atoms with E-state index in [9.17, 15) is 4.79 Å². The van der Waals surface area contributed by atoms with Crippen molar-refractivity contribution in [2.75, 3.05) is 18.5 Å². The zero-order valence-corrected chi connectivity index (χ0v) is 16.5. The summed E-state index contributed by atoms with van der Waals surface area (Å²) in [5, 5.41) is 6.16. The van der Waals surface area contributed by atoms with Crippen LogP contribution in [-0.4, -0.2) is 35.1 Å². The minimum atomic E-state index is -0.206. The van der Waals surface area contributed by atoms with Crippen LogP contribution in [0.4, 0.5) is 11.5 Å². The van der Waals surface area contributed by atoms with Crippen LogP contribution in [-0.2, 0) is 10.2 Å². The van der Waals surface area contributed by atoms with E-state index in [1.54, 1.807) is 13.0 Å². The monoisotopic (exact) mass is 368 g/mol. The topological polar surface area (TPSA) is 76.1 Å². The molecule has 3 rings (SSSR count). The Labute approximate surface area is 160 Å². The van der Waals surface area contributed by atoms with Gasteiger partial charge in [-0.3, -0.25) is 4.79 Å². The highest BCUT2D eigenvalue weighted by atomic mass is 16.5. The lowest BCUT2D eigenvalue weighted by molar-refractivity contribution is 0.0853. The Morgan fingerprint density at radius 1 is 1.22 bits per heavy atom. The van der Waals surface area contributed by atoms with Gasteiger partial charge in [0.2, 0.25) is 0 Å². The minimum absolute atomic E-state index is 0.107. The second kappa shape index (κ2) is 8.05. The van der Waals surface area contributed by atoms with Crippen LogP contribution < -0.4 is 10.6 Å². The Balaban J connectivity index is 1.68. The number of nitrogens with zero attached hydrogens (tertiary/aromatic N) is 2. The molecule has 0 bridgehead atoms. The molecule has 1 amide bonds. The zero-order valence-electron chi connectivity index (χ0n) is 16.5. The van der Waals surface area contributed by atoms with Gasteiger partial charge in [-0.15, -0.1) is 0 Å². The first kappa shape index (κ1) is 19.3. The van der Waals surface area contributed by atoms with Crippen LogP contribution >= 0.6 is 0 Å². The van der Waals surface area contributed by atoms with Crippen molar-refractivity contribution >= 4 is 17.4 Å². The lowest BCUT2D eigenvalue weighted by Crippen LogP contribution is -2.32. The van der Waals surface area contributed by atoms with Gasteiger partial charge in [0.05, 0.1) is 6.10 Å². The Bertz CT molecular complexity index is 791. The Hall–Kier alpha value is -2.47. The van der Waals surface area contributed by atoms with Crippen molar-refractivity contribution in [2.45, 2.75) is 52.1 Å². The molecule has 1 aliphatic heterocycles. The molecule has 1 aliphatic rings. The highest BCUT2D eigenvalue weighted by Crippen LogP contribution is 2.24. The first-order valence-corrected chi connectivity index (χ1v) is 9.44. The van der Waals surface area contributed by atoms with Gasteiger partial charge in [-0.05, 0) is 42.9 Å². The third-order valence-electron chi connectivity index (χ3n) is 4.61. The lowest BCUT2D eigenvalue weighted by atomic mass is 9.87. The number of anilines is 2. The molecule has 1 aromatic carbocycles. The summed E-state index contributed by atoms with van der Waals surface area (Å²) in [5.41, 5.74) is 2.65. The van der Waals surface area contributed by atoms with Gasteiger partial charge in [0.15, 0.2) is 0 Å². The highest BCUT2D eigenvalue weighted by molar-refractivity contribution is 5.93. The number of nitrogens with one attached hydrogen (secondary N) is 2. The van der Waals surface area contributed by atoms with E-state index >= 15 is 0 Å². The van der Waals surface area contributed by atoms with E-state index in [4.69, 9.17) is 4.74 Å². The zero-order chi connectivity index (χ0) is 19.4. The molecule has 2 aromatic rings. The van der Waals surface area contributed by atoms with E-state index in [0.717, 1.165) is 25.1 Å². The molecule has 0 aliphatic carbocycles. The molecule has 2 heterocycles. The maximum atomic E-state index is 12.4. The molecule has 144 valence electrons. The molecule has 6 nitrogen and oxygen atoms in total. The maximum Gasteiger partial charge on any atom is 0.270 e. The van der Waals surface area contributed by atoms with Gasteiger partial charge in [-0.25, -0.2) is 9.97 Å². The van der Waals surface area contributed by atoms with Crippen LogP contribution in [0.1, 0.15) is 55.5 Å². The van der Waals surface area contributed by atoms with Crippen molar-refractivity contribution in [3.63, 3.8) is 0 Å². The van der Waals surface area contributed by atoms with Crippen LogP contribution in [0.2, 0.25) is 0 Å². The van der Waals surface area contributed by atoms with Crippen LogP contribution in [0, 0.1) is 6.92 Å². The van der Waals surface area contributed by atoms with E-state index in [2.05, 4.69) is 53.5 Å². The molecule has 6 heteroatoms. The molecular weight excluding hydrogens is 340 g/mol. The van der Waals surface area contributed by atoms with Crippen molar-refractivity contribution in [2.24, 2.45) is 0 Å². The summed E-state index contributed by atoms with van der Waals surface area (Å²) < 4.78 is 5.54. The Kier molecular flexibility index (Phi) is 5.75. The standard InChI is InChI=1S/C21H28N4O2/c1-14-23-18(20(26)22-13-17-6-5-11-27-17)12-19(24-14)25-16-9-7-15(8-10-16)21(2,3)4/h7-10,12,17H,5-6,11,13H2,1-4H3,(H,22,26)(H,23,24,25). The molecule has 1 unspecified atom stereocenters. The van der Waals surface area contributed by atoms with Crippen LogP contribution in [0.3, 0.4) is 0 Å². The van der Waals surface area contributed by atoms with Crippen molar-refractivity contribution in [3.05, 3.63) is 47.4 Å². The molecular formula is C21H28N4O2. The van der Waals surface area contributed by atoms with Gasteiger partial charge in [-0.1, -0.05) is 32.9 Å². The number of benzene rings is 1. The summed E-state index contributed by atoms with van der Waals surface area (Å²) in [6.45, 7) is 9.62. The van der Waals surface area contributed by atoms with E-state index in [-0.39, 0.29) is 17.4 Å². The summed E-state index contributed by atoms with van der Waals surface area (Å²) in [7, 11) is 0. The number of ether oxygens (including phenoxy) is 1. The van der Waals surface area contributed by atoms with Gasteiger partial charge in [0, 0.05) is 24.9 Å². The van der Waals surface area contributed by atoms with Gasteiger partial charge in [-0.2, -0.15) is 0 Å². The van der Waals surface area contributed by atoms with Crippen molar-refractivity contribution in [3.8, 4) is 0 Å². The largest absolute Gasteiger partial charge is 0.376 e. The number of aryl methyl sites for hydroxylation is 1. The number of amides is 1. The number of hydrogen-bond acceptors (Lipinski definition) is 5. The Morgan fingerprint density at radius 2 is 1.96 bits per heavy atom. The second-order valence-corrected chi connectivity index (χ2v) is 7.98. The fourth-order valence-corrected chi connectivity index (χ4v) is 3.05. The summed E-state index contributed by atoms with van der Waals surface area (Å²) in [6.07, 6.45) is 2.14. The quantitative estimate of drug-likeness (QED) is 0.841. The third-order valence-corrected chi connectivity index (χ3v) is 4.61. The van der Waals surface area contributed by atoms with Crippen molar-refractivity contribution in [1.29, 1.82) is 0 Å². The molecule has 0 radical (unpaired) electrons. The molecule has 1 fully saturated rings. The number of rotatable bonds is 5.